The standard InChI is InChI=1S/C24H42O4/c1-15-13-18(25)6-4-5-17-11-12-24(3)19(16(2)7-10-22(27)28)8-9-20(24)23(17)21(26)14-15/h15-21,23,25-26H,4-14H2,1-3H3,(H,27,28)/t15-,16+,17-,18+,19+,20-,21+,23+,24+/m0/s1. The van der Waals surface area contributed by atoms with Crippen molar-refractivity contribution < 1.29 is 20.1 Å². The molecule has 3 saturated carbocycles. The van der Waals surface area contributed by atoms with E-state index in [4.69, 9.17) is 5.11 Å². The highest BCUT2D eigenvalue weighted by Crippen LogP contribution is 2.62. The first-order chi connectivity index (χ1) is 13.2. The first-order valence-corrected chi connectivity index (χ1v) is 11.8. The van der Waals surface area contributed by atoms with E-state index in [1.165, 1.54) is 25.7 Å². The van der Waals surface area contributed by atoms with E-state index in [1.54, 1.807) is 0 Å². The largest absolute Gasteiger partial charge is 0.481 e. The molecule has 0 heterocycles. The van der Waals surface area contributed by atoms with E-state index in [2.05, 4.69) is 20.8 Å². The van der Waals surface area contributed by atoms with E-state index >= 15 is 0 Å². The molecule has 3 N–H and O–H groups in total. The molecule has 0 saturated heterocycles. The van der Waals surface area contributed by atoms with Gasteiger partial charge in [0.15, 0.2) is 0 Å². The maximum Gasteiger partial charge on any atom is 0.303 e. The number of rotatable bonds is 4. The van der Waals surface area contributed by atoms with Gasteiger partial charge < -0.3 is 15.3 Å². The molecule has 162 valence electrons. The van der Waals surface area contributed by atoms with Crippen LogP contribution >= 0.6 is 0 Å². The molecule has 0 unspecified atom stereocenters. The van der Waals surface area contributed by atoms with Crippen LogP contribution in [0.15, 0.2) is 0 Å². The number of aliphatic carboxylic acids is 1. The molecule has 0 aliphatic heterocycles. The summed E-state index contributed by atoms with van der Waals surface area (Å²) in [6.45, 7) is 6.87. The van der Waals surface area contributed by atoms with Crippen LogP contribution in [0.2, 0.25) is 0 Å². The molecular weight excluding hydrogens is 352 g/mol. The SMILES string of the molecule is C[C@H]1C[C@H](O)CCC[C@H]2CC[C@]3(C)[C@@H]([C@H](C)CCC(=O)O)CC[C@H]3[C@@H]2[C@H](O)C1. The Labute approximate surface area is 171 Å². The van der Waals surface area contributed by atoms with Crippen molar-refractivity contribution >= 4 is 5.97 Å². The van der Waals surface area contributed by atoms with Crippen LogP contribution in [0.1, 0.15) is 91.4 Å². The van der Waals surface area contributed by atoms with Crippen molar-refractivity contribution in [2.45, 2.75) is 104 Å². The quantitative estimate of drug-likeness (QED) is 0.636. The van der Waals surface area contributed by atoms with Gasteiger partial charge in [0.1, 0.15) is 0 Å². The first-order valence-electron chi connectivity index (χ1n) is 11.8. The number of carboxylic acids is 1. The normalized spacial score (nSPS) is 45.7. The van der Waals surface area contributed by atoms with E-state index < -0.39 is 5.97 Å². The van der Waals surface area contributed by atoms with Crippen molar-refractivity contribution in [3.63, 3.8) is 0 Å². The van der Waals surface area contributed by atoms with Crippen LogP contribution in [0.3, 0.4) is 0 Å². The van der Waals surface area contributed by atoms with Crippen LogP contribution in [0.4, 0.5) is 0 Å². The fourth-order valence-corrected chi connectivity index (χ4v) is 7.58. The predicted molar refractivity (Wildman–Crippen MR) is 111 cm³/mol. The van der Waals surface area contributed by atoms with Crippen molar-refractivity contribution in [1.82, 2.24) is 0 Å². The topological polar surface area (TPSA) is 77.8 Å². The lowest BCUT2D eigenvalue weighted by Gasteiger charge is -2.52. The van der Waals surface area contributed by atoms with Crippen LogP contribution in [0, 0.1) is 40.9 Å². The monoisotopic (exact) mass is 394 g/mol. The summed E-state index contributed by atoms with van der Waals surface area (Å²) < 4.78 is 0. The van der Waals surface area contributed by atoms with Crippen molar-refractivity contribution in [3.05, 3.63) is 0 Å². The van der Waals surface area contributed by atoms with Crippen LogP contribution in [-0.4, -0.2) is 33.5 Å². The molecule has 28 heavy (non-hydrogen) atoms. The summed E-state index contributed by atoms with van der Waals surface area (Å²) in [5, 5.41) is 30.6. The van der Waals surface area contributed by atoms with Gasteiger partial charge in [-0.3, -0.25) is 4.79 Å². The van der Waals surface area contributed by atoms with Gasteiger partial charge in [0.25, 0.3) is 0 Å². The van der Waals surface area contributed by atoms with Crippen LogP contribution in [-0.2, 0) is 4.79 Å². The van der Waals surface area contributed by atoms with Crippen molar-refractivity contribution in [1.29, 1.82) is 0 Å². The summed E-state index contributed by atoms with van der Waals surface area (Å²) in [6.07, 6.45) is 10.1. The smallest absolute Gasteiger partial charge is 0.303 e. The third kappa shape index (κ3) is 4.59. The predicted octanol–water partition coefficient (Wildman–Crippen LogP) is 4.87. The number of hydrogen-bond donors (Lipinski definition) is 3. The molecule has 0 aromatic carbocycles. The van der Waals surface area contributed by atoms with Gasteiger partial charge in [-0.05, 0) is 98.7 Å². The van der Waals surface area contributed by atoms with Crippen molar-refractivity contribution in [2.24, 2.45) is 40.9 Å². The molecule has 0 aromatic heterocycles. The average molecular weight is 395 g/mol. The molecule has 0 amide bonds. The maximum atomic E-state index is 11.3. The molecular formula is C24H42O4. The Kier molecular flexibility index (Phi) is 7.13. The second-order valence-corrected chi connectivity index (χ2v) is 10.8. The molecule has 3 rings (SSSR count). The molecule has 4 nitrogen and oxygen atoms in total. The summed E-state index contributed by atoms with van der Waals surface area (Å²) in [5.74, 6) is 2.23. The summed E-state index contributed by atoms with van der Waals surface area (Å²) in [7, 11) is 0. The van der Waals surface area contributed by atoms with Gasteiger partial charge in [0.05, 0.1) is 12.2 Å². The van der Waals surface area contributed by atoms with E-state index in [1.807, 2.05) is 0 Å². The lowest BCUT2D eigenvalue weighted by molar-refractivity contribution is -0.137. The Bertz CT molecular complexity index is 535. The van der Waals surface area contributed by atoms with Gasteiger partial charge in [-0.25, -0.2) is 0 Å². The molecule has 4 heteroatoms. The van der Waals surface area contributed by atoms with Crippen molar-refractivity contribution in [2.75, 3.05) is 0 Å². The lowest BCUT2D eigenvalue weighted by Crippen LogP contribution is -2.47. The van der Waals surface area contributed by atoms with E-state index in [-0.39, 0.29) is 24.0 Å². The fraction of sp³-hybridized carbons (Fsp3) is 0.958. The summed E-state index contributed by atoms with van der Waals surface area (Å²) in [4.78, 5) is 11.0. The molecule has 0 aromatic rings. The zero-order valence-corrected chi connectivity index (χ0v) is 18.1. The van der Waals surface area contributed by atoms with Gasteiger partial charge in [0, 0.05) is 6.42 Å². The number of aliphatic hydroxyl groups excluding tert-OH is 2. The zero-order valence-electron chi connectivity index (χ0n) is 18.1. The third-order valence-electron chi connectivity index (χ3n) is 8.92. The Balaban J connectivity index is 1.77. The molecule has 0 radical (unpaired) electrons. The second-order valence-electron chi connectivity index (χ2n) is 10.8. The second kappa shape index (κ2) is 9.04. The minimum atomic E-state index is -0.686. The Morgan fingerprint density at radius 1 is 1.11 bits per heavy atom. The van der Waals surface area contributed by atoms with Crippen molar-refractivity contribution in [3.8, 4) is 0 Å². The number of carboxylic acid groups (broad SMARTS) is 1. The zero-order chi connectivity index (χ0) is 20.5. The van der Waals surface area contributed by atoms with Crippen LogP contribution in [0.25, 0.3) is 0 Å². The lowest BCUT2D eigenvalue weighted by atomic mass is 9.54. The Morgan fingerprint density at radius 3 is 2.57 bits per heavy atom. The van der Waals surface area contributed by atoms with Gasteiger partial charge >= 0.3 is 5.97 Å². The Morgan fingerprint density at radius 2 is 1.86 bits per heavy atom. The minimum Gasteiger partial charge on any atom is -0.481 e. The molecule has 3 aliphatic rings. The molecule has 0 spiro atoms. The average Bonchev–Trinajstić information content (AvgIpc) is 2.95. The highest BCUT2D eigenvalue weighted by molar-refractivity contribution is 5.66. The highest BCUT2D eigenvalue weighted by atomic mass is 16.4. The summed E-state index contributed by atoms with van der Waals surface area (Å²) in [6, 6.07) is 0. The number of aliphatic hydroxyl groups is 2. The number of fused-ring (bicyclic) bond motifs is 3. The molecule has 9 atom stereocenters. The minimum absolute atomic E-state index is 0.210. The van der Waals surface area contributed by atoms with Crippen LogP contribution in [0.5, 0.6) is 0 Å². The highest BCUT2D eigenvalue weighted by Gasteiger charge is 2.56. The van der Waals surface area contributed by atoms with Gasteiger partial charge in [-0.2, -0.15) is 0 Å². The van der Waals surface area contributed by atoms with Gasteiger partial charge in [0.2, 0.25) is 0 Å². The molecule has 0 bridgehead atoms. The van der Waals surface area contributed by atoms with Gasteiger partial charge in [-0.1, -0.05) is 27.2 Å². The van der Waals surface area contributed by atoms with E-state index in [0.29, 0.717) is 35.5 Å². The van der Waals surface area contributed by atoms with Gasteiger partial charge in [-0.15, -0.1) is 0 Å². The van der Waals surface area contributed by atoms with Crippen LogP contribution < -0.4 is 0 Å². The summed E-state index contributed by atoms with van der Waals surface area (Å²) >= 11 is 0. The molecule has 3 fully saturated rings. The summed E-state index contributed by atoms with van der Waals surface area (Å²) in [5.41, 5.74) is 0.243. The fourth-order valence-electron chi connectivity index (χ4n) is 7.58. The first kappa shape index (κ1) is 22.1. The third-order valence-corrected chi connectivity index (χ3v) is 8.92. The number of carbonyl (C=O) groups is 1. The maximum absolute atomic E-state index is 11.3. The van der Waals surface area contributed by atoms with E-state index in [0.717, 1.165) is 38.5 Å². The molecule has 3 aliphatic carbocycles. The number of hydrogen-bond acceptors (Lipinski definition) is 3. The van der Waals surface area contributed by atoms with E-state index in [9.17, 15) is 15.0 Å². The Hall–Kier alpha value is -0.610.